The van der Waals surface area contributed by atoms with Crippen LogP contribution in [0.4, 0.5) is 5.82 Å². The lowest BCUT2D eigenvalue weighted by molar-refractivity contribution is 0.312. The first kappa shape index (κ1) is 11.2. The van der Waals surface area contributed by atoms with Gasteiger partial charge in [-0.25, -0.2) is 9.97 Å². The lowest BCUT2D eigenvalue weighted by Gasteiger charge is -2.33. The monoisotopic (exact) mass is 244 g/mol. The first-order chi connectivity index (χ1) is 8.84. The summed E-state index contributed by atoms with van der Waals surface area (Å²) in [6, 6.07) is 3.79. The topological polar surface area (TPSA) is 45.4 Å². The number of hydrogen-bond donors (Lipinski definition) is 0. The fraction of sp³-hybridized carbons (Fsp3) is 0.385. The highest BCUT2D eigenvalue weighted by Crippen LogP contribution is 2.27. The van der Waals surface area contributed by atoms with Gasteiger partial charge in [0.25, 0.3) is 0 Å². The number of rotatable bonds is 2. The Morgan fingerprint density at radius 1 is 1.11 bits per heavy atom. The molecule has 0 unspecified atom stereocenters. The van der Waals surface area contributed by atoms with Crippen molar-refractivity contribution in [1.82, 2.24) is 14.9 Å². The summed E-state index contributed by atoms with van der Waals surface area (Å²) in [5.41, 5.74) is 0.826. The SMILES string of the molecule is CN1CCN(c2nccnc2-c2ccco2)CC1. The van der Waals surface area contributed by atoms with Crippen molar-refractivity contribution in [3.63, 3.8) is 0 Å². The highest BCUT2D eigenvalue weighted by Gasteiger charge is 2.20. The summed E-state index contributed by atoms with van der Waals surface area (Å²) in [5, 5.41) is 0. The summed E-state index contributed by atoms with van der Waals surface area (Å²) < 4.78 is 5.43. The van der Waals surface area contributed by atoms with Gasteiger partial charge < -0.3 is 14.2 Å². The molecule has 2 aromatic rings. The van der Waals surface area contributed by atoms with Gasteiger partial charge in [0.05, 0.1) is 6.26 Å². The van der Waals surface area contributed by atoms with E-state index in [1.54, 1.807) is 18.7 Å². The van der Waals surface area contributed by atoms with E-state index < -0.39 is 0 Å². The van der Waals surface area contributed by atoms with Gasteiger partial charge in [-0.1, -0.05) is 0 Å². The minimum atomic E-state index is 0.775. The molecule has 0 N–H and O–H groups in total. The molecule has 0 bridgehead atoms. The Hall–Kier alpha value is -1.88. The quantitative estimate of drug-likeness (QED) is 0.801. The minimum Gasteiger partial charge on any atom is -0.463 e. The molecule has 0 aromatic carbocycles. The maximum Gasteiger partial charge on any atom is 0.158 e. The van der Waals surface area contributed by atoms with Gasteiger partial charge in [0.15, 0.2) is 11.6 Å². The Kier molecular flexibility index (Phi) is 2.98. The number of piperazine rings is 1. The Balaban J connectivity index is 1.92. The predicted octanol–water partition coefficient (Wildman–Crippen LogP) is 1.49. The first-order valence-corrected chi connectivity index (χ1v) is 6.13. The average Bonchev–Trinajstić information content (AvgIpc) is 2.93. The third-order valence-electron chi connectivity index (χ3n) is 3.24. The number of aromatic nitrogens is 2. The number of anilines is 1. The zero-order valence-electron chi connectivity index (χ0n) is 10.4. The van der Waals surface area contributed by atoms with Crippen molar-refractivity contribution in [2.24, 2.45) is 0 Å². The van der Waals surface area contributed by atoms with E-state index in [9.17, 15) is 0 Å². The van der Waals surface area contributed by atoms with Gasteiger partial charge >= 0.3 is 0 Å². The largest absolute Gasteiger partial charge is 0.463 e. The minimum absolute atomic E-state index is 0.775. The van der Waals surface area contributed by atoms with Gasteiger partial charge in [0.2, 0.25) is 0 Å². The van der Waals surface area contributed by atoms with Crippen LogP contribution in [0, 0.1) is 0 Å². The number of hydrogen-bond acceptors (Lipinski definition) is 5. The molecule has 0 amide bonds. The zero-order valence-corrected chi connectivity index (χ0v) is 10.4. The summed E-state index contributed by atoms with van der Waals surface area (Å²) in [4.78, 5) is 13.5. The van der Waals surface area contributed by atoms with Gasteiger partial charge in [-0.2, -0.15) is 0 Å². The van der Waals surface area contributed by atoms with Crippen molar-refractivity contribution >= 4 is 5.82 Å². The third-order valence-corrected chi connectivity index (χ3v) is 3.24. The van der Waals surface area contributed by atoms with E-state index in [2.05, 4.69) is 26.8 Å². The molecule has 1 aliphatic rings. The van der Waals surface area contributed by atoms with Gasteiger partial charge in [-0.05, 0) is 19.2 Å². The summed E-state index contributed by atoms with van der Waals surface area (Å²) in [6.45, 7) is 4.05. The maximum absolute atomic E-state index is 5.43. The van der Waals surface area contributed by atoms with E-state index in [1.807, 2.05) is 12.1 Å². The van der Waals surface area contributed by atoms with Crippen LogP contribution in [0.5, 0.6) is 0 Å². The average molecular weight is 244 g/mol. The molecule has 0 radical (unpaired) electrons. The van der Waals surface area contributed by atoms with Crippen molar-refractivity contribution < 1.29 is 4.42 Å². The van der Waals surface area contributed by atoms with Crippen LogP contribution in [-0.4, -0.2) is 48.1 Å². The molecule has 2 aromatic heterocycles. The van der Waals surface area contributed by atoms with Crippen LogP contribution >= 0.6 is 0 Å². The van der Waals surface area contributed by atoms with Crippen LogP contribution in [0.15, 0.2) is 35.2 Å². The Labute approximate surface area is 106 Å². The van der Waals surface area contributed by atoms with Gasteiger partial charge in [-0.3, -0.25) is 0 Å². The van der Waals surface area contributed by atoms with Crippen LogP contribution in [0.1, 0.15) is 0 Å². The van der Waals surface area contributed by atoms with Crippen molar-refractivity contribution in [3.8, 4) is 11.5 Å². The lowest BCUT2D eigenvalue weighted by atomic mass is 10.2. The predicted molar refractivity (Wildman–Crippen MR) is 69.4 cm³/mol. The third kappa shape index (κ3) is 2.09. The molecule has 5 heteroatoms. The molecule has 1 aliphatic heterocycles. The van der Waals surface area contributed by atoms with Crippen molar-refractivity contribution in [2.75, 3.05) is 38.1 Å². The number of likely N-dealkylation sites (N-methyl/N-ethyl adjacent to an activating group) is 1. The highest BCUT2D eigenvalue weighted by molar-refractivity contribution is 5.67. The molecule has 1 fully saturated rings. The van der Waals surface area contributed by atoms with E-state index in [1.165, 1.54) is 0 Å². The normalized spacial score (nSPS) is 17.1. The fourth-order valence-electron chi connectivity index (χ4n) is 2.17. The number of furan rings is 1. The molecular weight excluding hydrogens is 228 g/mol. The van der Waals surface area contributed by atoms with Gasteiger partial charge in [0, 0.05) is 38.6 Å². The van der Waals surface area contributed by atoms with E-state index in [4.69, 9.17) is 4.42 Å². The maximum atomic E-state index is 5.43. The van der Waals surface area contributed by atoms with Crippen molar-refractivity contribution in [3.05, 3.63) is 30.8 Å². The molecule has 18 heavy (non-hydrogen) atoms. The van der Waals surface area contributed by atoms with Crippen molar-refractivity contribution in [2.45, 2.75) is 0 Å². The Morgan fingerprint density at radius 2 is 1.89 bits per heavy atom. The summed E-state index contributed by atoms with van der Waals surface area (Å²) in [7, 11) is 2.14. The van der Waals surface area contributed by atoms with E-state index >= 15 is 0 Å². The highest BCUT2D eigenvalue weighted by atomic mass is 16.3. The fourth-order valence-corrected chi connectivity index (χ4v) is 2.17. The van der Waals surface area contributed by atoms with Crippen LogP contribution in [0.2, 0.25) is 0 Å². The summed E-state index contributed by atoms with van der Waals surface area (Å²) >= 11 is 0. The van der Waals surface area contributed by atoms with E-state index in [0.29, 0.717) is 0 Å². The lowest BCUT2D eigenvalue weighted by Crippen LogP contribution is -2.45. The Bertz CT molecular complexity index is 503. The number of nitrogens with zero attached hydrogens (tertiary/aromatic N) is 4. The van der Waals surface area contributed by atoms with Crippen molar-refractivity contribution in [1.29, 1.82) is 0 Å². The van der Waals surface area contributed by atoms with Crippen LogP contribution in [0.25, 0.3) is 11.5 Å². The van der Waals surface area contributed by atoms with E-state index in [0.717, 1.165) is 43.5 Å². The second-order valence-electron chi connectivity index (χ2n) is 4.50. The second-order valence-corrected chi connectivity index (χ2v) is 4.50. The molecular formula is C13H16N4O. The zero-order chi connectivity index (χ0) is 12.4. The van der Waals surface area contributed by atoms with Gasteiger partial charge in [0.1, 0.15) is 5.69 Å². The molecule has 3 heterocycles. The van der Waals surface area contributed by atoms with E-state index in [-0.39, 0.29) is 0 Å². The smallest absolute Gasteiger partial charge is 0.158 e. The molecule has 0 aliphatic carbocycles. The second kappa shape index (κ2) is 4.78. The molecule has 5 nitrogen and oxygen atoms in total. The van der Waals surface area contributed by atoms with Crippen LogP contribution in [-0.2, 0) is 0 Å². The molecule has 1 saturated heterocycles. The standard InChI is InChI=1S/C13H16N4O/c1-16-6-8-17(9-7-16)13-12(14-4-5-15-13)11-3-2-10-18-11/h2-5,10H,6-9H2,1H3. The molecule has 94 valence electrons. The molecule has 0 saturated carbocycles. The van der Waals surface area contributed by atoms with Crippen LogP contribution in [0.3, 0.4) is 0 Å². The molecule has 0 atom stereocenters. The summed E-state index contributed by atoms with van der Waals surface area (Å²) in [6.07, 6.45) is 5.11. The molecule has 3 rings (SSSR count). The Morgan fingerprint density at radius 3 is 2.61 bits per heavy atom. The molecule has 0 spiro atoms. The first-order valence-electron chi connectivity index (χ1n) is 6.13. The van der Waals surface area contributed by atoms with Gasteiger partial charge in [-0.15, -0.1) is 0 Å². The summed E-state index contributed by atoms with van der Waals surface area (Å²) in [5.74, 6) is 1.69. The van der Waals surface area contributed by atoms with Crippen LogP contribution < -0.4 is 4.90 Å².